The Morgan fingerprint density at radius 3 is 2.48 bits per heavy atom. The fourth-order valence-corrected chi connectivity index (χ4v) is 4.14. The lowest BCUT2D eigenvalue weighted by atomic mass is 10.2. The molecule has 144 valence electrons. The Morgan fingerprint density at radius 1 is 1.15 bits per heavy atom. The van der Waals surface area contributed by atoms with Gasteiger partial charge in [0.2, 0.25) is 11.7 Å². The highest BCUT2D eigenvalue weighted by molar-refractivity contribution is 7.99. The van der Waals surface area contributed by atoms with Crippen LogP contribution in [0.3, 0.4) is 0 Å². The number of rotatable bonds is 6. The first-order valence-corrected chi connectivity index (χ1v) is 9.69. The number of carbonyl (C=O) groups excluding carboxylic acids is 1. The highest BCUT2D eigenvalue weighted by Gasteiger charge is 2.21. The van der Waals surface area contributed by atoms with Gasteiger partial charge in [0.05, 0.1) is 33.6 Å². The second-order valence-corrected chi connectivity index (χ2v) is 7.42. The first-order valence-electron chi connectivity index (χ1n) is 8.33. The van der Waals surface area contributed by atoms with Gasteiger partial charge in [-0.2, -0.15) is 0 Å². The van der Waals surface area contributed by atoms with E-state index in [1.165, 1.54) is 21.3 Å². The van der Waals surface area contributed by atoms with E-state index in [9.17, 15) is 4.79 Å². The van der Waals surface area contributed by atoms with Gasteiger partial charge in [-0.3, -0.25) is 4.79 Å². The van der Waals surface area contributed by atoms with Gasteiger partial charge in [-0.1, -0.05) is 11.6 Å². The van der Waals surface area contributed by atoms with Gasteiger partial charge in [-0.25, -0.2) is 0 Å². The van der Waals surface area contributed by atoms with Gasteiger partial charge in [-0.15, -0.1) is 11.8 Å². The molecule has 2 aromatic carbocycles. The normalized spacial score (nSPS) is 13.0. The zero-order chi connectivity index (χ0) is 19.4. The molecule has 8 heteroatoms. The maximum atomic E-state index is 12.6. The van der Waals surface area contributed by atoms with Crippen molar-refractivity contribution in [2.24, 2.45) is 0 Å². The van der Waals surface area contributed by atoms with Crippen molar-refractivity contribution in [2.45, 2.75) is 4.90 Å². The second kappa shape index (κ2) is 8.63. The van der Waals surface area contributed by atoms with Gasteiger partial charge < -0.3 is 24.4 Å². The van der Waals surface area contributed by atoms with E-state index >= 15 is 0 Å². The van der Waals surface area contributed by atoms with E-state index in [1.54, 1.807) is 23.9 Å². The van der Waals surface area contributed by atoms with Crippen molar-refractivity contribution in [3.8, 4) is 17.2 Å². The van der Waals surface area contributed by atoms with E-state index in [0.29, 0.717) is 28.0 Å². The average molecular weight is 409 g/mol. The van der Waals surface area contributed by atoms with Crippen molar-refractivity contribution >= 4 is 40.6 Å². The number of hydrogen-bond acceptors (Lipinski definition) is 6. The minimum Gasteiger partial charge on any atom is -0.493 e. The fourth-order valence-electron chi connectivity index (χ4n) is 2.94. The standard InChI is InChI=1S/C19H21ClN2O4S/c1-24-15-9-13(10-16(25-2)19(15)26-3)21-18(23)11-22-6-7-27-17-5-4-12(20)8-14(17)22/h4-5,8-10H,6-7,11H2,1-3H3,(H,21,23). The van der Waals surface area contributed by atoms with Gasteiger partial charge in [0.15, 0.2) is 11.5 Å². The number of nitrogens with zero attached hydrogens (tertiary/aromatic N) is 1. The maximum Gasteiger partial charge on any atom is 0.243 e. The summed E-state index contributed by atoms with van der Waals surface area (Å²) >= 11 is 7.89. The first kappa shape index (κ1) is 19.5. The molecule has 1 amide bonds. The Labute approximate surface area is 167 Å². The molecule has 1 heterocycles. The quantitative estimate of drug-likeness (QED) is 0.781. The van der Waals surface area contributed by atoms with Gasteiger partial charge in [0.25, 0.3) is 0 Å². The number of nitrogens with one attached hydrogen (secondary N) is 1. The van der Waals surface area contributed by atoms with E-state index in [2.05, 4.69) is 5.32 Å². The van der Waals surface area contributed by atoms with Crippen molar-refractivity contribution in [2.75, 3.05) is 50.4 Å². The minimum atomic E-state index is -0.137. The summed E-state index contributed by atoms with van der Waals surface area (Å²) in [5.41, 5.74) is 1.56. The van der Waals surface area contributed by atoms with E-state index in [-0.39, 0.29) is 12.5 Å². The number of ether oxygens (including phenoxy) is 3. The summed E-state index contributed by atoms with van der Waals surface area (Å²) in [4.78, 5) is 15.8. The number of methoxy groups -OCH3 is 3. The fraction of sp³-hybridized carbons (Fsp3) is 0.316. The lowest BCUT2D eigenvalue weighted by Crippen LogP contribution is -2.36. The second-order valence-electron chi connectivity index (χ2n) is 5.84. The summed E-state index contributed by atoms with van der Waals surface area (Å²) in [6.45, 7) is 1.01. The molecule has 0 bridgehead atoms. The van der Waals surface area contributed by atoms with Gasteiger partial charge in [-0.05, 0) is 18.2 Å². The van der Waals surface area contributed by atoms with Crippen molar-refractivity contribution in [3.63, 3.8) is 0 Å². The number of fused-ring (bicyclic) bond motifs is 1. The summed E-state index contributed by atoms with van der Waals surface area (Å²) in [6, 6.07) is 9.17. The average Bonchev–Trinajstić information content (AvgIpc) is 2.67. The molecule has 0 aromatic heterocycles. The predicted octanol–water partition coefficient (Wildman–Crippen LogP) is 3.92. The molecule has 0 saturated carbocycles. The van der Waals surface area contributed by atoms with Crippen molar-refractivity contribution in [3.05, 3.63) is 35.4 Å². The number of benzene rings is 2. The number of carbonyl (C=O) groups is 1. The monoisotopic (exact) mass is 408 g/mol. The SMILES string of the molecule is COc1cc(NC(=O)CN2CCSc3ccc(Cl)cc32)cc(OC)c1OC. The molecule has 0 saturated heterocycles. The molecule has 1 N–H and O–H groups in total. The molecule has 1 aliphatic rings. The Morgan fingerprint density at radius 2 is 1.85 bits per heavy atom. The van der Waals surface area contributed by atoms with Crippen LogP contribution in [0.5, 0.6) is 17.2 Å². The van der Waals surface area contributed by atoms with E-state index < -0.39 is 0 Å². The molecular weight excluding hydrogens is 388 g/mol. The summed E-state index contributed by atoms with van der Waals surface area (Å²) in [5, 5.41) is 3.56. The molecule has 3 rings (SSSR count). The number of halogens is 1. The molecule has 0 spiro atoms. The molecule has 0 atom stereocenters. The largest absolute Gasteiger partial charge is 0.493 e. The van der Waals surface area contributed by atoms with Gasteiger partial charge in [0, 0.05) is 40.0 Å². The molecule has 0 radical (unpaired) electrons. The van der Waals surface area contributed by atoms with Crippen molar-refractivity contribution < 1.29 is 19.0 Å². The van der Waals surface area contributed by atoms with Crippen LogP contribution >= 0.6 is 23.4 Å². The molecule has 0 unspecified atom stereocenters. The lowest BCUT2D eigenvalue weighted by Gasteiger charge is -2.30. The molecule has 0 aliphatic carbocycles. The van der Waals surface area contributed by atoms with Crippen LogP contribution in [0, 0.1) is 0 Å². The van der Waals surface area contributed by atoms with Crippen LogP contribution < -0.4 is 24.4 Å². The smallest absolute Gasteiger partial charge is 0.243 e. The van der Waals surface area contributed by atoms with Gasteiger partial charge >= 0.3 is 0 Å². The highest BCUT2D eigenvalue weighted by atomic mass is 35.5. The van der Waals surface area contributed by atoms with Crippen LogP contribution in [-0.2, 0) is 4.79 Å². The van der Waals surface area contributed by atoms with Crippen molar-refractivity contribution in [1.29, 1.82) is 0 Å². The van der Waals surface area contributed by atoms with Crippen LogP contribution in [-0.4, -0.2) is 46.1 Å². The predicted molar refractivity (Wildman–Crippen MR) is 109 cm³/mol. The first-order chi connectivity index (χ1) is 13.0. The Hall–Kier alpha value is -2.25. The van der Waals surface area contributed by atoms with E-state index in [0.717, 1.165) is 22.9 Å². The Kier molecular flexibility index (Phi) is 6.23. The minimum absolute atomic E-state index is 0.137. The number of thioether (sulfide) groups is 1. The maximum absolute atomic E-state index is 12.6. The van der Waals surface area contributed by atoms with Crippen molar-refractivity contribution in [1.82, 2.24) is 0 Å². The zero-order valence-corrected chi connectivity index (χ0v) is 16.9. The summed E-state index contributed by atoms with van der Waals surface area (Å²) in [6.07, 6.45) is 0. The van der Waals surface area contributed by atoms with Crippen LogP contribution in [0.1, 0.15) is 0 Å². The number of anilines is 2. The third-order valence-electron chi connectivity index (χ3n) is 4.16. The molecule has 27 heavy (non-hydrogen) atoms. The summed E-state index contributed by atoms with van der Waals surface area (Å²) in [7, 11) is 4.61. The lowest BCUT2D eigenvalue weighted by molar-refractivity contribution is -0.115. The Balaban J connectivity index is 1.77. The molecule has 1 aliphatic heterocycles. The molecular formula is C19H21ClN2O4S. The highest BCUT2D eigenvalue weighted by Crippen LogP contribution is 2.40. The number of hydrogen-bond donors (Lipinski definition) is 1. The molecule has 0 fully saturated rings. The van der Waals surface area contributed by atoms with E-state index in [1.807, 2.05) is 23.1 Å². The topological polar surface area (TPSA) is 60.0 Å². The van der Waals surface area contributed by atoms with Crippen LogP contribution in [0.4, 0.5) is 11.4 Å². The summed E-state index contributed by atoms with van der Waals surface area (Å²) in [5.74, 6) is 2.24. The third-order valence-corrected chi connectivity index (χ3v) is 5.44. The van der Waals surface area contributed by atoms with Crippen LogP contribution in [0.15, 0.2) is 35.2 Å². The molecule has 6 nitrogen and oxygen atoms in total. The third kappa shape index (κ3) is 4.36. The van der Waals surface area contributed by atoms with E-state index in [4.69, 9.17) is 25.8 Å². The Bertz CT molecular complexity index is 821. The summed E-state index contributed by atoms with van der Waals surface area (Å²) < 4.78 is 16.0. The number of amides is 1. The molecule has 2 aromatic rings. The van der Waals surface area contributed by atoms with Gasteiger partial charge in [0.1, 0.15) is 0 Å². The van der Waals surface area contributed by atoms with Crippen LogP contribution in [0.2, 0.25) is 5.02 Å². The zero-order valence-electron chi connectivity index (χ0n) is 15.4. The van der Waals surface area contributed by atoms with Crippen LogP contribution in [0.25, 0.3) is 0 Å².